The van der Waals surface area contributed by atoms with Crippen molar-refractivity contribution in [2.45, 2.75) is 26.8 Å². The number of aromatic amines is 1. The molecule has 2 aromatic carbocycles. The molecule has 5 heteroatoms. The number of nitrogens with one attached hydrogen (secondary N) is 2. The van der Waals surface area contributed by atoms with Crippen molar-refractivity contribution < 1.29 is 9.47 Å². The van der Waals surface area contributed by atoms with Crippen LogP contribution in [0.1, 0.15) is 22.3 Å². The molecule has 27 heavy (non-hydrogen) atoms. The molecule has 0 unspecified atom stereocenters. The number of rotatable bonds is 7. The molecule has 0 aliphatic heterocycles. The first-order valence-electron chi connectivity index (χ1n) is 9.07. The van der Waals surface area contributed by atoms with Crippen LogP contribution < -0.4 is 20.3 Å². The van der Waals surface area contributed by atoms with E-state index >= 15 is 0 Å². The van der Waals surface area contributed by atoms with Gasteiger partial charge >= 0.3 is 0 Å². The van der Waals surface area contributed by atoms with Gasteiger partial charge in [-0.3, -0.25) is 4.79 Å². The Balaban J connectivity index is 1.65. The molecule has 3 rings (SSSR count). The number of aryl methyl sites for hydroxylation is 2. The number of aromatic nitrogens is 1. The SMILES string of the molecule is COc1ccc(CCNCc2cc3ccc(C)c(C)c3[nH]c2=O)cc1OC. The van der Waals surface area contributed by atoms with Crippen LogP contribution in [0.15, 0.2) is 41.2 Å². The van der Waals surface area contributed by atoms with Crippen molar-refractivity contribution in [3.8, 4) is 11.5 Å². The van der Waals surface area contributed by atoms with Crippen LogP contribution in [-0.4, -0.2) is 25.7 Å². The fraction of sp³-hybridized carbons (Fsp3) is 0.318. The molecule has 0 aliphatic rings. The Morgan fingerprint density at radius 3 is 2.52 bits per heavy atom. The number of pyridine rings is 1. The minimum atomic E-state index is -0.0326. The molecule has 0 bridgehead atoms. The number of benzene rings is 2. The number of H-pyrrole nitrogens is 1. The minimum absolute atomic E-state index is 0.0326. The lowest BCUT2D eigenvalue weighted by Gasteiger charge is -2.11. The van der Waals surface area contributed by atoms with E-state index in [1.165, 1.54) is 5.56 Å². The zero-order chi connectivity index (χ0) is 19.4. The minimum Gasteiger partial charge on any atom is -0.493 e. The molecule has 3 aromatic rings. The molecule has 0 saturated carbocycles. The van der Waals surface area contributed by atoms with Gasteiger partial charge in [-0.05, 0) is 67.1 Å². The summed E-state index contributed by atoms with van der Waals surface area (Å²) in [5, 5.41) is 4.42. The maximum atomic E-state index is 12.4. The molecule has 2 N–H and O–H groups in total. The lowest BCUT2D eigenvalue weighted by molar-refractivity contribution is 0.354. The Hall–Kier alpha value is -2.79. The Labute approximate surface area is 159 Å². The fourth-order valence-corrected chi connectivity index (χ4v) is 3.19. The summed E-state index contributed by atoms with van der Waals surface area (Å²) in [6.07, 6.45) is 0.837. The largest absolute Gasteiger partial charge is 0.493 e. The van der Waals surface area contributed by atoms with Crippen molar-refractivity contribution in [1.82, 2.24) is 10.3 Å². The van der Waals surface area contributed by atoms with E-state index in [0.29, 0.717) is 6.54 Å². The van der Waals surface area contributed by atoms with E-state index in [4.69, 9.17) is 9.47 Å². The van der Waals surface area contributed by atoms with Gasteiger partial charge in [0.15, 0.2) is 11.5 Å². The van der Waals surface area contributed by atoms with Crippen LogP contribution in [0.2, 0.25) is 0 Å². The third-order valence-electron chi connectivity index (χ3n) is 4.98. The highest BCUT2D eigenvalue weighted by Crippen LogP contribution is 2.27. The summed E-state index contributed by atoms with van der Waals surface area (Å²) >= 11 is 0. The normalized spacial score (nSPS) is 11.0. The van der Waals surface area contributed by atoms with Crippen LogP contribution in [0, 0.1) is 13.8 Å². The molecule has 0 atom stereocenters. The van der Waals surface area contributed by atoms with Gasteiger partial charge in [0.05, 0.1) is 19.7 Å². The third-order valence-corrected chi connectivity index (χ3v) is 4.98. The van der Waals surface area contributed by atoms with E-state index in [-0.39, 0.29) is 5.56 Å². The van der Waals surface area contributed by atoms with Crippen molar-refractivity contribution in [3.05, 3.63) is 69.0 Å². The Morgan fingerprint density at radius 2 is 1.78 bits per heavy atom. The van der Waals surface area contributed by atoms with Crippen molar-refractivity contribution in [2.75, 3.05) is 20.8 Å². The van der Waals surface area contributed by atoms with Gasteiger partial charge in [0.25, 0.3) is 5.56 Å². The second kappa shape index (κ2) is 8.27. The molecule has 5 nitrogen and oxygen atoms in total. The number of hydrogen-bond donors (Lipinski definition) is 2. The first-order valence-corrected chi connectivity index (χ1v) is 9.07. The molecule has 0 saturated heterocycles. The van der Waals surface area contributed by atoms with E-state index in [2.05, 4.69) is 29.4 Å². The van der Waals surface area contributed by atoms with Crippen molar-refractivity contribution in [3.63, 3.8) is 0 Å². The highest BCUT2D eigenvalue weighted by atomic mass is 16.5. The summed E-state index contributed by atoms with van der Waals surface area (Å²) in [4.78, 5) is 15.4. The predicted molar refractivity (Wildman–Crippen MR) is 109 cm³/mol. The Morgan fingerprint density at radius 1 is 1.00 bits per heavy atom. The molecule has 0 amide bonds. The van der Waals surface area contributed by atoms with Crippen LogP contribution in [0.5, 0.6) is 11.5 Å². The van der Waals surface area contributed by atoms with Gasteiger partial charge in [-0.1, -0.05) is 18.2 Å². The fourth-order valence-electron chi connectivity index (χ4n) is 3.19. The zero-order valence-electron chi connectivity index (χ0n) is 16.3. The standard InChI is InChI=1S/C22H26N2O3/c1-14-5-7-17-12-18(22(25)24-21(17)15(14)2)13-23-10-9-16-6-8-19(26-3)20(11-16)27-4/h5-8,11-12,23H,9-10,13H2,1-4H3,(H,24,25). The summed E-state index contributed by atoms with van der Waals surface area (Å²) in [6, 6.07) is 12.0. The molecule has 0 radical (unpaired) electrons. The van der Waals surface area contributed by atoms with Gasteiger partial charge in [0.1, 0.15) is 0 Å². The summed E-state index contributed by atoms with van der Waals surface area (Å²) in [6.45, 7) is 5.39. The number of hydrogen-bond acceptors (Lipinski definition) is 4. The van der Waals surface area contributed by atoms with Gasteiger partial charge < -0.3 is 19.8 Å². The molecular formula is C22H26N2O3. The lowest BCUT2D eigenvalue weighted by atomic mass is 10.0. The van der Waals surface area contributed by atoms with Gasteiger partial charge in [-0.15, -0.1) is 0 Å². The maximum Gasteiger partial charge on any atom is 0.252 e. The van der Waals surface area contributed by atoms with E-state index in [0.717, 1.165) is 52.1 Å². The number of ether oxygens (including phenoxy) is 2. The summed E-state index contributed by atoms with van der Waals surface area (Å²) in [7, 11) is 3.26. The van der Waals surface area contributed by atoms with Crippen LogP contribution >= 0.6 is 0 Å². The smallest absolute Gasteiger partial charge is 0.252 e. The number of methoxy groups -OCH3 is 2. The molecule has 1 heterocycles. The molecule has 0 aliphatic carbocycles. The highest BCUT2D eigenvalue weighted by Gasteiger charge is 2.07. The zero-order valence-corrected chi connectivity index (χ0v) is 16.3. The second-order valence-corrected chi connectivity index (χ2v) is 6.71. The van der Waals surface area contributed by atoms with E-state index in [1.54, 1.807) is 14.2 Å². The summed E-state index contributed by atoms with van der Waals surface area (Å²) < 4.78 is 10.6. The van der Waals surface area contributed by atoms with Gasteiger partial charge in [-0.25, -0.2) is 0 Å². The molecule has 1 aromatic heterocycles. The monoisotopic (exact) mass is 366 g/mol. The molecule has 142 valence electrons. The quantitative estimate of drug-likeness (QED) is 0.628. The van der Waals surface area contributed by atoms with Crippen LogP contribution in [-0.2, 0) is 13.0 Å². The number of fused-ring (bicyclic) bond motifs is 1. The lowest BCUT2D eigenvalue weighted by Crippen LogP contribution is -2.23. The average Bonchev–Trinajstić information content (AvgIpc) is 2.68. The Bertz CT molecular complexity index is 1010. The molecule has 0 fully saturated rings. The van der Waals surface area contributed by atoms with Crippen molar-refractivity contribution in [2.24, 2.45) is 0 Å². The Kier molecular flexibility index (Phi) is 5.81. The first kappa shape index (κ1) is 19.0. The third kappa shape index (κ3) is 4.14. The second-order valence-electron chi connectivity index (χ2n) is 6.71. The van der Waals surface area contributed by atoms with Gasteiger partial charge in [0.2, 0.25) is 0 Å². The van der Waals surface area contributed by atoms with Crippen LogP contribution in [0.4, 0.5) is 0 Å². The topological polar surface area (TPSA) is 63.3 Å². The van der Waals surface area contributed by atoms with E-state index in [9.17, 15) is 4.79 Å². The maximum absolute atomic E-state index is 12.4. The van der Waals surface area contributed by atoms with Crippen LogP contribution in [0.25, 0.3) is 10.9 Å². The van der Waals surface area contributed by atoms with E-state index in [1.807, 2.05) is 31.2 Å². The molecular weight excluding hydrogens is 340 g/mol. The summed E-state index contributed by atoms with van der Waals surface area (Å²) in [5.41, 5.74) is 5.09. The highest BCUT2D eigenvalue weighted by molar-refractivity contribution is 5.83. The van der Waals surface area contributed by atoms with Gasteiger partial charge in [0, 0.05) is 12.1 Å². The van der Waals surface area contributed by atoms with Crippen LogP contribution in [0.3, 0.4) is 0 Å². The predicted octanol–water partition coefficient (Wildman–Crippen LogP) is 3.49. The van der Waals surface area contributed by atoms with Crippen molar-refractivity contribution in [1.29, 1.82) is 0 Å². The average molecular weight is 366 g/mol. The summed E-state index contributed by atoms with van der Waals surface area (Å²) in [5.74, 6) is 1.45. The van der Waals surface area contributed by atoms with E-state index < -0.39 is 0 Å². The van der Waals surface area contributed by atoms with Crippen molar-refractivity contribution >= 4 is 10.9 Å². The van der Waals surface area contributed by atoms with Gasteiger partial charge in [-0.2, -0.15) is 0 Å². The molecule has 0 spiro atoms. The first-order chi connectivity index (χ1) is 13.0.